The van der Waals surface area contributed by atoms with E-state index in [1.165, 1.54) is 5.57 Å². The molecule has 0 aliphatic carbocycles. The zero-order valence-corrected chi connectivity index (χ0v) is 9.13. The highest BCUT2D eigenvalue weighted by Gasteiger charge is 1.98. The van der Waals surface area contributed by atoms with Crippen LogP contribution in [-0.4, -0.2) is 16.0 Å². The van der Waals surface area contributed by atoms with E-state index in [2.05, 4.69) is 30.1 Å². The number of hydrogen-bond donors (Lipinski definition) is 0. The Morgan fingerprint density at radius 2 is 2.25 bits per heavy atom. The van der Waals surface area contributed by atoms with E-state index in [4.69, 9.17) is 0 Å². The molecule has 0 unspecified atom stereocenters. The third-order valence-electron chi connectivity index (χ3n) is 1.21. The minimum Gasteiger partial charge on any atom is -0.143 e. The zero-order valence-electron chi connectivity index (χ0n) is 7.50. The van der Waals surface area contributed by atoms with Gasteiger partial charge < -0.3 is 0 Å². The standard InChI is InChI=1S/C8H12N2S2/c1-6(2)4-5-11-8-10-9-7(3)12-8/h4H,5H2,1-3H3. The number of hydrogen-bond acceptors (Lipinski definition) is 4. The Bertz CT molecular complexity index is 274. The highest BCUT2D eigenvalue weighted by Crippen LogP contribution is 2.21. The number of thioether (sulfide) groups is 1. The van der Waals surface area contributed by atoms with Crippen LogP contribution >= 0.6 is 23.1 Å². The lowest BCUT2D eigenvalue weighted by molar-refractivity contribution is 0.984. The van der Waals surface area contributed by atoms with Crippen molar-refractivity contribution in [3.63, 3.8) is 0 Å². The van der Waals surface area contributed by atoms with Crippen LogP contribution in [0.1, 0.15) is 18.9 Å². The molecule has 0 atom stereocenters. The molecule has 0 radical (unpaired) electrons. The van der Waals surface area contributed by atoms with Gasteiger partial charge in [0.2, 0.25) is 0 Å². The Kier molecular flexibility index (Phi) is 3.75. The van der Waals surface area contributed by atoms with Gasteiger partial charge in [-0.3, -0.25) is 0 Å². The average Bonchev–Trinajstić information content (AvgIpc) is 2.35. The first-order chi connectivity index (χ1) is 5.68. The van der Waals surface area contributed by atoms with Crippen LogP contribution in [-0.2, 0) is 0 Å². The van der Waals surface area contributed by atoms with Gasteiger partial charge in [-0.25, -0.2) is 0 Å². The van der Waals surface area contributed by atoms with Crippen LogP contribution in [0, 0.1) is 6.92 Å². The maximum Gasteiger partial charge on any atom is 0.174 e. The van der Waals surface area contributed by atoms with Crippen molar-refractivity contribution in [2.45, 2.75) is 25.1 Å². The Labute approximate surface area is 81.1 Å². The van der Waals surface area contributed by atoms with Crippen LogP contribution in [0.25, 0.3) is 0 Å². The van der Waals surface area contributed by atoms with E-state index >= 15 is 0 Å². The molecule has 0 aliphatic heterocycles. The number of aromatic nitrogens is 2. The van der Waals surface area contributed by atoms with Crippen molar-refractivity contribution in [1.82, 2.24) is 10.2 Å². The largest absolute Gasteiger partial charge is 0.174 e. The number of nitrogens with zero attached hydrogens (tertiary/aromatic N) is 2. The first-order valence-electron chi connectivity index (χ1n) is 3.75. The lowest BCUT2D eigenvalue weighted by atomic mass is 10.3. The van der Waals surface area contributed by atoms with E-state index in [0.29, 0.717) is 0 Å². The molecule has 0 fully saturated rings. The predicted octanol–water partition coefficient (Wildman–Crippen LogP) is 2.90. The van der Waals surface area contributed by atoms with Gasteiger partial charge in [0.15, 0.2) is 4.34 Å². The van der Waals surface area contributed by atoms with Crippen LogP contribution in [0.2, 0.25) is 0 Å². The van der Waals surface area contributed by atoms with E-state index in [1.807, 2.05) is 6.92 Å². The van der Waals surface area contributed by atoms with Crippen molar-refractivity contribution in [2.75, 3.05) is 5.75 Å². The predicted molar refractivity (Wildman–Crippen MR) is 54.8 cm³/mol. The van der Waals surface area contributed by atoms with Gasteiger partial charge in [0.05, 0.1) is 0 Å². The van der Waals surface area contributed by atoms with E-state index in [1.54, 1.807) is 23.1 Å². The summed E-state index contributed by atoms with van der Waals surface area (Å²) in [6, 6.07) is 0. The van der Waals surface area contributed by atoms with Crippen molar-refractivity contribution >= 4 is 23.1 Å². The molecule has 0 aromatic carbocycles. The second-order valence-electron chi connectivity index (χ2n) is 2.68. The molecule has 1 heterocycles. The monoisotopic (exact) mass is 200 g/mol. The zero-order chi connectivity index (χ0) is 8.97. The fraction of sp³-hybridized carbons (Fsp3) is 0.500. The maximum atomic E-state index is 4.01. The van der Waals surface area contributed by atoms with Gasteiger partial charge in [-0.05, 0) is 20.8 Å². The third-order valence-corrected chi connectivity index (χ3v) is 3.10. The number of rotatable bonds is 3. The van der Waals surface area contributed by atoms with Gasteiger partial charge >= 0.3 is 0 Å². The lowest BCUT2D eigenvalue weighted by Gasteiger charge is -1.89. The lowest BCUT2D eigenvalue weighted by Crippen LogP contribution is -1.74. The summed E-state index contributed by atoms with van der Waals surface area (Å²) < 4.78 is 1.06. The summed E-state index contributed by atoms with van der Waals surface area (Å²) in [7, 11) is 0. The molecule has 0 N–H and O–H groups in total. The summed E-state index contributed by atoms with van der Waals surface area (Å²) in [5, 5.41) is 8.99. The number of aryl methyl sites for hydroxylation is 1. The summed E-state index contributed by atoms with van der Waals surface area (Å²) in [4.78, 5) is 0. The third kappa shape index (κ3) is 3.36. The van der Waals surface area contributed by atoms with Gasteiger partial charge in [0.1, 0.15) is 5.01 Å². The Balaban J connectivity index is 2.38. The molecule has 0 aliphatic rings. The molecule has 0 bridgehead atoms. The quantitative estimate of drug-likeness (QED) is 0.554. The highest BCUT2D eigenvalue weighted by atomic mass is 32.2. The van der Waals surface area contributed by atoms with Gasteiger partial charge in [-0.1, -0.05) is 34.7 Å². The molecule has 2 nitrogen and oxygen atoms in total. The number of allylic oxidation sites excluding steroid dienone is 1. The first-order valence-corrected chi connectivity index (χ1v) is 5.55. The van der Waals surface area contributed by atoms with Crippen LogP contribution in [0.4, 0.5) is 0 Å². The Hall–Kier alpha value is -0.350. The van der Waals surface area contributed by atoms with Crippen molar-refractivity contribution in [2.24, 2.45) is 0 Å². The second-order valence-corrected chi connectivity index (χ2v) is 5.13. The molecular formula is C8H12N2S2. The molecule has 66 valence electrons. The molecule has 1 aromatic rings. The fourth-order valence-corrected chi connectivity index (χ4v) is 2.49. The molecule has 0 spiro atoms. The van der Waals surface area contributed by atoms with Crippen molar-refractivity contribution < 1.29 is 0 Å². The van der Waals surface area contributed by atoms with Crippen LogP contribution < -0.4 is 0 Å². The fourth-order valence-electron chi connectivity index (χ4n) is 0.616. The van der Waals surface area contributed by atoms with Crippen molar-refractivity contribution in [3.05, 3.63) is 16.7 Å². The van der Waals surface area contributed by atoms with Gasteiger partial charge in [0, 0.05) is 5.75 Å². The highest BCUT2D eigenvalue weighted by molar-refractivity contribution is 8.01. The Morgan fingerprint density at radius 3 is 2.75 bits per heavy atom. The summed E-state index contributed by atoms with van der Waals surface area (Å²) in [5.41, 5.74) is 1.35. The molecule has 0 saturated carbocycles. The molecule has 4 heteroatoms. The molecule has 0 saturated heterocycles. The van der Waals surface area contributed by atoms with E-state index < -0.39 is 0 Å². The van der Waals surface area contributed by atoms with Gasteiger partial charge in [-0.2, -0.15) is 0 Å². The summed E-state index contributed by atoms with van der Waals surface area (Å²) in [6.45, 7) is 6.18. The molecule has 1 rings (SSSR count). The van der Waals surface area contributed by atoms with E-state index in [0.717, 1.165) is 15.1 Å². The first kappa shape index (κ1) is 9.74. The molecule has 12 heavy (non-hydrogen) atoms. The summed E-state index contributed by atoms with van der Waals surface area (Å²) >= 11 is 3.39. The molecule has 1 aromatic heterocycles. The van der Waals surface area contributed by atoms with E-state index in [9.17, 15) is 0 Å². The molecule has 0 amide bonds. The van der Waals surface area contributed by atoms with Crippen molar-refractivity contribution in [3.8, 4) is 0 Å². The van der Waals surface area contributed by atoms with Gasteiger partial charge in [-0.15, -0.1) is 10.2 Å². The minimum absolute atomic E-state index is 0.997. The van der Waals surface area contributed by atoms with Crippen LogP contribution in [0.15, 0.2) is 16.0 Å². The van der Waals surface area contributed by atoms with Crippen molar-refractivity contribution in [1.29, 1.82) is 0 Å². The smallest absolute Gasteiger partial charge is 0.143 e. The van der Waals surface area contributed by atoms with Crippen LogP contribution in [0.3, 0.4) is 0 Å². The maximum absolute atomic E-state index is 4.01. The van der Waals surface area contributed by atoms with E-state index in [-0.39, 0.29) is 0 Å². The van der Waals surface area contributed by atoms with Crippen LogP contribution in [0.5, 0.6) is 0 Å². The topological polar surface area (TPSA) is 25.8 Å². The molecular weight excluding hydrogens is 188 g/mol. The Morgan fingerprint density at radius 1 is 1.50 bits per heavy atom. The van der Waals surface area contributed by atoms with Gasteiger partial charge in [0.25, 0.3) is 0 Å². The second kappa shape index (κ2) is 4.62. The minimum atomic E-state index is 0.997. The summed E-state index contributed by atoms with van der Waals surface area (Å²) in [5.74, 6) is 0.997. The SMILES string of the molecule is CC(C)=CCSc1nnc(C)s1. The summed E-state index contributed by atoms with van der Waals surface area (Å²) in [6.07, 6.45) is 2.20. The average molecular weight is 200 g/mol. The normalized spacial score (nSPS) is 9.92.